The zero-order chi connectivity index (χ0) is 45.9. The number of methoxy groups -OCH3 is 2. The monoisotopic (exact) mass is 894 g/mol. The topological polar surface area (TPSA) is 278 Å². The van der Waals surface area contributed by atoms with E-state index in [4.69, 9.17) is 21.0 Å². The molecule has 2 fully saturated rings. The van der Waals surface area contributed by atoms with Crippen LogP contribution >= 0.6 is 0 Å². The van der Waals surface area contributed by atoms with Crippen LogP contribution in [-0.4, -0.2) is 106 Å². The minimum Gasteiger partial charge on any atom is -0.453 e. The normalized spacial score (nSPS) is 19.1. The minimum atomic E-state index is -1.84. The van der Waals surface area contributed by atoms with Crippen molar-refractivity contribution in [2.45, 2.75) is 140 Å². The van der Waals surface area contributed by atoms with Crippen molar-refractivity contribution in [1.82, 2.24) is 39.7 Å². The predicted octanol–water partition coefficient (Wildman–Crippen LogP) is 4.70. The molecule has 346 valence electrons. The van der Waals surface area contributed by atoms with E-state index in [2.05, 4.69) is 84.5 Å². The molecule has 6 rings (SSSR count). The zero-order valence-corrected chi connectivity index (χ0v) is 38.7. The largest absolute Gasteiger partial charge is 0.453 e. The van der Waals surface area contributed by atoms with Crippen LogP contribution in [0.4, 0.5) is 32.9 Å². The lowest BCUT2D eigenvalue weighted by Crippen LogP contribution is -2.41. The summed E-state index contributed by atoms with van der Waals surface area (Å²) in [6, 6.07) is 3.35. The standard InChI is InChI=1S/C24H40N6O4Si.C18H26N6O4/c1-24(2,3)35(5,6)34-13-7-12-30-20(31)14-19(25)18-15-26-22(29-21(18)30)27-16-8-10-17(11-9-16)28-23(32)33-4;1-28-18(27)22-12-5-3-11(4-6-12)21-17-20-10-13-14(19)9-15(26)24(7-2-8-25)16(13)23-17/h14-17H,7-13,25H2,1-6H3,(H,28,32)(H,26,27,29);9-12,25H,2-8,19H2,1H3,(H,22,27)(H,20,21,23). The first-order valence-corrected chi connectivity index (χ1v) is 24.6. The van der Waals surface area contributed by atoms with Crippen LogP contribution in [0.2, 0.25) is 18.1 Å². The number of pyridine rings is 2. The third-order valence-electron chi connectivity index (χ3n) is 12.2. The number of amides is 2. The molecule has 0 saturated heterocycles. The molecule has 2 amide bonds. The number of aromatic nitrogens is 6. The molecule has 4 aromatic rings. The van der Waals surface area contributed by atoms with Crippen LogP contribution < -0.4 is 43.9 Å². The molecular formula is C42H66N12O8Si. The van der Waals surface area contributed by atoms with Gasteiger partial charge in [0.1, 0.15) is 11.3 Å². The average Bonchev–Trinajstić information content (AvgIpc) is 3.24. The summed E-state index contributed by atoms with van der Waals surface area (Å²) in [6.07, 6.45) is 10.4. The van der Waals surface area contributed by atoms with Crippen molar-refractivity contribution in [3.8, 4) is 0 Å². The van der Waals surface area contributed by atoms with Gasteiger partial charge in [-0.05, 0) is 82.3 Å². The van der Waals surface area contributed by atoms with Gasteiger partial charge < -0.3 is 51.7 Å². The quantitative estimate of drug-likeness (QED) is 0.0667. The molecule has 20 nitrogen and oxygen atoms in total. The Bertz CT molecular complexity index is 2300. The Balaban J connectivity index is 0.000000243. The van der Waals surface area contributed by atoms with E-state index in [0.29, 0.717) is 77.9 Å². The van der Waals surface area contributed by atoms with Crippen LogP contribution in [-0.2, 0) is 27.0 Å². The first-order valence-electron chi connectivity index (χ1n) is 21.7. The molecule has 21 heteroatoms. The number of carbonyl (C=O) groups is 2. The Morgan fingerprint density at radius 3 is 1.51 bits per heavy atom. The van der Waals surface area contributed by atoms with Crippen molar-refractivity contribution < 1.29 is 28.6 Å². The van der Waals surface area contributed by atoms with Gasteiger partial charge in [0.25, 0.3) is 11.1 Å². The van der Waals surface area contributed by atoms with Gasteiger partial charge in [0, 0.05) is 86.4 Å². The lowest BCUT2D eigenvalue weighted by Gasteiger charge is -2.36. The molecule has 0 unspecified atom stereocenters. The van der Waals surface area contributed by atoms with Gasteiger partial charge in [0.05, 0.1) is 25.0 Å². The number of rotatable bonds is 14. The Labute approximate surface area is 368 Å². The lowest BCUT2D eigenvalue weighted by molar-refractivity contribution is 0.162. The van der Waals surface area contributed by atoms with Crippen LogP contribution in [0.15, 0.2) is 34.1 Å². The van der Waals surface area contributed by atoms with Crippen molar-refractivity contribution in [3.05, 3.63) is 45.2 Å². The first-order chi connectivity index (χ1) is 29.9. The number of aliphatic hydroxyl groups excluding tert-OH is 1. The molecule has 63 heavy (non-hydrogen) atoms. The molecule has 0 bridgehead atoms. The Morgan fingerprint density at radius 2 is 1.13 bits per heavy atom. The van der Waals surface area contributed by atoms with Gasteiger partial charge in [-0.1, -0.05) is 20.8 Å². The third kappa shape index (κ3) is 13.0. The molecule has 0 atom stereocenters. The molecule has 2 saturated carbocycles. The van der Waals surface area contributed by atoms with Crippen LogP contribution in [0.5, 0.6) is 0 Å². The summed E-state index contributed by atoms with van der Waals surface area (Å²) in [7, 11) is 0.879. The summed E-state index contributed by atoms with van der Waals surface area (Å²) < 4.78 is 18.8. The predicted molar refractivity (Wildman–Crippen MR) is 246 cm³/mol. The second-order valence-corrected chi connectivity index (χ2v) is 22.5. The Hall–Kier alpha value is -5.54. The number of nitrogen functional groups attached to an aromatic ring is 2. The number of carbonyl (C=O) groups excluding carboxylic acids is 2. The fourth-order valence-corrected chi connectivity index (χ4v) is 8.59. The summed E-state index contributed by atoms with van der Waals surface area (Å²) in [4.78, 5) is 65.8. The molecule has 2 aliphatic carbocycles. The molecule has 0 aromatic carbocycles. The lowest BCUT2D eigenvalue weighted by atomic mass is 9.91. The van der Waals surface area contributed by atoms with Gasteiger partial charge in [-0.3, -0.25) is 18.7 Å². The number of nitrogens with two attached hydrogens (primary N) is 2. The number of aliphatic hydroxyl groups is 1. The van der Waals surface area contributed by atoms with Crippen LogP contribution in [0, 0.1) is 0 Å². The molecule has 4 heterocycles. The van der Waals surface area contributed by atoms with Gasteiger partial charge in [-0.25, -0.2) is 19.6 Å². The van der Waals surface area contributed by atoms with Crippen molar-refractivity contribution in [3.63, 3.8) is 0 Å². The highest BCUT2D eigenvalue weighted by atomic mass is 28.4. The molecular weight excluding hydrogens is 829 g/mol. The zero-order valence-electron chi connectivity index (χ0n) is 37.7. The highest BCUT2D eigenvalue weighted by molar-refractivity contribution is 6.74. The van der Waals surface area contributed by atoms with E-state index in [1.807, 2.05) is 0 Å². The fraction of sp³-hybridized carbons (Fsp3) is 0.619. The summed E-state index contributed by atoms with van der Waals surface area (Å²) in [5.74, 6) is 0.901. The smallest absolute Gasteiger partial charge is 0.407 e. The number of ether oxygens (including phenoxy) is 2. The molecule has 0 radical (unpaired) electrons. The second-order valence-electron chi connectivity index (χ2n) is 17.7. The second kappa shape index (κ2) is 21.7. The number of aryl methyl sites for hydroxylation is 2. The van der Waals surface area contributed by atoms with Crippen molar-refractivity contribution in [2.75, 3.05) is 49.5 Å². The molecule has 9 N–H and O–H groups in total. The van der Waals surface area contributed by atoms with Crippen molar-refractivity contribution in [2.24, 2.45) is 0 Å². The van der Waals surface area contributed by atoms with Gasteiger partial charge in [0.2, 0.25) is 11.9 Å². The Morgan fingerprint density at radius 1 is 0.730 bits per heavy atom. The average molecular weight is 895 g/mol. The highest BCUT2D eigenvalue weighted by Crippen LogP contribution is 2.36. The molecule has 0 aliphatic heterocycles. The maximum atomic E-state index is 12.8. The maximum Gasteiger partial charge on any atom is 0.407 e. The molecule has 4 aromatic heterocycles. The van der Waals surface area contributed by atoms with E-state index in [1.54, 1.807) is 17.0 Å². The summed E-state index contributed by atoms with van der Waals surface area (Å²) in [5, 5.41) is 22.9. The van der Waals surface area contributed by atoms with Crippen molar-refractivity contribution in [1.29, 1.82) is 0 Å². The van der Waals surface area contributed by atoms with Crippen LogP contribution in [0.1, 0.15) is 85.0 Å². The van der Waals surface area contributed by atoms with Crippen LogP contribution in [0.25, 0.3) is 22.1 Å². The summed E-state index contributed by atoms with van der Waals surface area (Å²) in [5.41, 5.74) is 13.3. The van der Waals surface area contributed by atoms with Gasteiger partial charge in [-0.15, -0.1) is 0 Å². The number of hydrogen-bond donors (Lipinski definition) is 7. The molecule has 2 aliphatic rings. The number of fused-ring (bicyclic) bond motifs is 2. The summed E-state index contributed by atoms with van der Waals surface area (Å²) >= 11 is 0. The molecule has 0 spiro atoms. The number of anilines is 4. The maximum absolute atomic E-state index is 12.8. The number of nitrogens with zero attached hydrogens (tertiary/aromatic N) is 6. The van der Waals surface area contributed by atoms with E-state index in [-0.39, 0.29) is 46.9 Å². The minimum absolute atomic E-state index is 0.0165. The third-order valence-corrected chi connectivity index (χ3v) is 16.8. The van der Waals surface area contributed by atoms with E-state index >= 15 is 0 Å². The van der Waals surface area contributed by atoms with E-state index in [1.165, 1.54) is 30.9 Å². The fourth-order valence-electron chi connectivity index (χ4n) is 7.50. The van der Waals surface area contributed by atoms with Gasteiger partial charge in [-0.2, -0.15) is 9.97 Å². The first kappa shape index (κ1) is 48.5. The van der Waals surface area contributed by atoms with Crippen LogP contribution in [0.3, 0.4) is 0 Å². The number of alkyl carbamates (subject to hydrolysis) is 2. The Kier molecular flexibility index (Phi) is 16.7. The number of nitrogens with one attached hydrogen (secondary N) is 4. The van der Waals surface area contributed by atoms with Gasteiger partial charge >= 0.3 is 12.2 Å². The highest BCUT2D eigenvalue weighted by Gasteiger charge is 2.37. The van der Waals surface area contributed by atoms with E-state index in [9.17, 15) is 19.2 Å². The van der Waals surface area contributed by atoms with Gasteiger partial charge in [0.15, 0.2) is 8.32 Å². The van der Waals surface area contributed by atoms with Crippen molar-refractivity contribution >= 4 is 65.8 Å². The van der Waals surface area contributed by atoms with E-state index < -0.39 is 20.5 Å². The van der Waals surface area contributed by atoms with E-state index in [0.717, 1.165) is 51.4 Å². The number of hydrogen-bond acceptors (Lipinski definition) is 16. The summed E-state index contributed by atoms with van der Waals surface area (Å²) in [6.45, 7) is 12.5. The SMILES string of the molecule is COC(=O)NC1CCC(Nc2ncc3c(N)cc(=O)n(CCCO)c3n2)CC1.COC(=O)NC1CCC(Nc2ncc3c(N)cc(=O)n(CCCO[Si](C)(C)C(C)(C)C)c3n2)CC1.